The SMILES string of the molecule is O=C1/C(=C/c2ccc(Sc3ncccn3)c([N+](=O)[O-])c2)CCc2ccccc21. The highest BCUT2D eigenvalue weighted by Crippen LogP contribution is 2.34. The third kappa shape index (κ3) is 3.70. The number of allylic oxidation sites excluding steroid dienone is 1. The Morgan fingerprint density at radius 1 is 1.04 bits per heavy atom. The second kappa shape index (κ2) is 7.74. The van der Waals surface area contributed by atoms with Crippen LogP contribution in [0.4, 0.5) is 5.69 Å². The van der Waals surface area contributed by atoms with Gasteiger partial charge in [-0.25, -0.2) is 9.97 Å². The van der Waals surface area contributed by atoms with Gasteiger partial charge in [-0.15, -0.1) is 0 Å². The quantitative estimate of drug-likeness (QED) is 0.277. The number of aryl methyl sites for hydroxylation is 1. The second-order valence-corrected chi connectivity index (χ2v) is 7.28. The molecule has 0 saturated heterocycles. The van der Waals surface area contributed by atoms with Gasteiger partial charge < -0.3 is 0 Å². The summed E-state index contributed by atoms with van der Waals surface area (Å²) < 4.78 is 0. The van der Waals surface area contributed by atoms with E-state index in [2.05, 4.69) is 9.97 Å². The minimum atomic E-state index is -0.425. The van der Waals surface area contributed by atoms with E-state index in [1.807, 2.05) is 24.3 Å². The first-order valence-corrected chi connectivity index (χ1v) is 9.50. The van der Waals surface area contributed by atoms with Crippen molar-refractivity contribution >= 4 is 29.3 Å². The molecule has 1 aromatic heterocycles. The molecule has 28 heavy (non-hydrogen) atoms. The molecule has 0 atom stereocenters. The zero-order valence-electron chi connectivity index (χ0n) is 14.7. The number of benzene rings is 2. The van der Waals surface area contributed by atoms with Crippen molar-refractivity contribution in [1.29, 1.82) is 0 Å². The van der Waals surface area contributed by atoms with Gasteiger partial charge >= 0.3 is 0 Å². The number of hydrogen-bond donors (Lipinski definition) is 0. The van der Waals surface area contributed by atoms with Crippen LogP contribution in [0.2, 0.25) is 0 Å². The molecule has 0 radical (unpaired) electrons. The number of nitro benzene ring substituents is 1. The molecule has 4 rings (SSSR count). The zero-order valence-corrected chi connectivity index (χ0v) is 15.6. The molecule has 2 aromatic carbocycles. The van der Waals surface area contributed by atoms with Crippen molar-refractivity contribution in [3.05, 3.63) is 93.3 Å². The van der Waals surface area contributed by atoms with Crippen molar-refractivity contribution in [2.45, 2.75) is 22.9 Å². The number of fused-ring (bicyclic) bond motifs is 1. The largest absolute Gasteiger partial charge is 0.289 e. The topological polar surface area (TPSA) is 86.0 Å². The minimum Gasteiger partial charge on any atom is -0.289 e. The van der Waals surface area contributed by atoms with E-state index in [1.165, 1.54) is 6.07 Å². The van der Waals surface area contributed by atoms with Crippen LogP contribution >= 0.6 is 11.8 Å². The molecule has 0 N–H and O–H groups in total. The van der Waals surface area contributed by atoms with Gasteiger partial charge in [0.2, 0.25) is 0 Å². The Morgan fingerprint density at radius 2 is 1.82 bits per heavy atom. The molecule has 3 aromatic rings. The number of nitrogens with zero attached hydrogens (tertiary/aromatic N) is 3. The van der Waals surface area contributed by atoms with Crippen molar-refractivity contribution in [3.8, 4) is 0 Å². The normalized spacial score (nSPS) is 14.7. The molecule has 1 heterocycles. The van der Waals surface area contributed by atoms with Gasteiger partial charge in [0.25, 0.3) is 5.69 Å². The van der Waals surface area contributed by atoms with E-state index in [9.17, 15) is 14.9 Å². The third-order valence-electron chi connectivity index (χ3n) is 4.48. The first-order valence-electron chi connectivity index (χ1n) is 8.68. The molecule has 0 unspecified atom stereocenters. The molecule has 138 valence electrons. The molecular weight excluding hydrogens is 374 g/mol. The van der Waals surface area contributed by atoms with Gasteiger partial charge in [-0.2, -0.15) is 0 Å². The fourth-order valence-corrected chi connectivity index (χ4v) is 3.94. The van der Waals surface area contributed by atoms with Crippen molar-refractivity contribution in [2.75, 3.05) is 0 Å². The maximum Gasteiger partial charge on any atom is 0.283 e. The summed E-state index contributed by atoms with van der Waals surface area (Å²) in [7, 11) is 0. The molecule has 0 spiro atoms. The van der Waals surface area contributed by atoms with Crippen LogP contribution in [0.25, 0.3) is 6.08 Å². The Kier molecular flexibility index (Phi) is 4.99. The van der Waals surface area contributed by atoms with Gasteiger partial charge in [0.15, 0.2) is 10.9 Å². The lowest BCUT2D eigenvalue weighted by molar-refractivity contribution is -0.387. The molecule has 0 aliphatic heterocycles. The lowest BCUT2D eigenvalue weighted by Gasteiger charge is -2.17. The highest BCUT2D eigenvalue weighted by molar-refractivity contribution is 7.99. The van der Waals surface area contributed by atoms with Crippen molar-refractivity contribution in [1.82, 2.24) is 9.97 Å². The summed E-state index contributed by atoms with van der Waals surface area (Å²) in [4.78, 5) is 32.5. The summed E-state index contributed by atoms with van der Waals surface area (Å²) in [6, 6.07) is 14.2. The van der Waals surface area contributed by atoms with Crippen LogP contribution in [-0.4, -0.2) is 20.7 Å². The summed E-state index contributed by atoms with van der Waals surface area (Å²) in [5.74, 6) is -0.0133. The van der Waals surface area contributed by atoms with Crippen LogP contribution in [0.5, 0.6) is 0 Å². The number of carbonyl (C=O) groups is 1. The lowest BCUT2D eigenvalue weighted by Crippen LogP contribution is -2.13. The number of nitro groups is 1. The Bertz CT molecular complexity index is 1100. The third-order valence-corrected chi connectivity index (χ3v) is 5.44. The van der Waals surface area contributed by atoms with Crippen molar-refractivity contribution in [3.63, 3.8) is 0 Å². The summed E-state index contributed by atoms with van der Waals surface area (Å²) in [6.45, 7) is 0. The summed E-state index contributed by atoms with van der Waals surface area (Å²) in [6.07, 6.45) is 6.34. The lowest BCUT2D eigenvalue weighted by atomic mass is 9.86. The number of hydrogen-bond acceptors (Lipinski definition) is 6. The van der Waals surface area contributed by atoms with Gasteiger partial charge in [-0.3, -0.25) is 14.9 Å². The predicted octanol–water partition coefficient (Wildman–Crippen LogP) is 4.75. The van der Waals surface area contributed by atoms with Gasteiger partial charge in [-0.05, 0) is 53.9 Å². The molecule has 0 fully saturated rings. The van der Waals surface area contributed by atoms with E-state index < -0.39 is 4.92 Å². The van der Waals surface area contributed by atoms with E-state index in [1.54, 1.807) is 36.7 Å². The van der Waals surface area contributed by atoms with Crippen LogP contribution in [0.3, 0.4) is 0 Å². The Morgan fingerprint density at radius 3 is 2.61 bits per heavy atom. The number of aromatic nitrogens is 2. The predicted molar refractivity (Wildman–Crippen MR) is 106 cm³/mol. The molecule has 1 aliphatic rings. The maximum atomic E-state index is 12.7. The molecule has 1 aliphatic carbocycles. The number of ketones is 1. The fraction of sp³-hybridized carbons (Fsp3) is 0.0952. The van der Waals surface area contributed by atoms with E-state index in [-0.39, 0.29) is 11.5 Å². The summed E-state index contributed by atoms with van der Waals surface area (Å²) in [5, 5.41) is 12.0. The zero-order chi connectivity index (χ0) is 19.5. The van der Waals surface area contributed by atoms with E-state index in [0.717, 1.165) is 23.7 Å². The molecular formula is C21H15N3O3S. The van der Waals surface area contributed by atoms with Crippen molar-refractivity contribution in [2.24, 2.45) is 0 Å². The first kappa shape index (κ1) is 18.1. The van der Waals surface area contributed by atoms with Gasteiger partial charge in [0, 0.05) is 29.6 Å². The Labute approximate surface area is 165 Å². The molecule has 0 saturated carbocycles. The van der Waals surface area contributed by atoms with Crippen LogP contribution in [0.15, 0.2) is 76.5 Å². The molecule has 0 amide bonds. The minimum absolute atomic E-state index is 0.0133. The van der Waals surface area contributed by atoms with E-state index in [0.29, 0.717) is 33.2 Å². The Hall–Kier alpha value is -3.32. The average molecular weight is 389 g/mol. The molecule has 0 bridgehead atoms. The standard InChI is InChI=1S/C21H15N3O3S/c25-20-16(8-7-15-4-1-2-5-17(15)20)12-14-6-9-19(18(13-14)24(26)27)28-21-22-10-3-11-23-21/h1-6,9-13H,7-8H2/b16-12+. The van der Waals surface area contributed by atoms with Gasteiger partial charge in [0.05, 0.1) is 9.82 Å². The van der Waals surface area contributed by atoms with Gasteiger partial charge in [0.1, 0.15) is 0 Å². The molecule has 6 nitrogen and oxygen atoms in total. The van der Waals surface area contributed by atoms with E-state index >= 15 is 0 Å². The summed E-state index contributed by atoms with van der Waals surface area (Å²) >= 11 is 1.14. The van der Waals surface area contributed by atoms with Crippen LogP contribution in [-0.2, 0) is 6.42 Å². The number of Topliss-reactive ketones (excluding diaryl/α,β-unsaturated/α-hetero) is 1. The second-order valence-electron chi connectivity index (χ2n) is 6.27. The Balaban J connectivity index is 1.66. The van der Waals surface area contributed by atoms with Crippen molar-refractivity contribution < 1.29 is 9.72 Å². The highest BCUT2D eigenvalue weighted by atomic mass is 32.2. The summed E-state index contributed by atoms with van der Waals surface area (Å²) in [5.41, 5.74) is 3.02. The van der Waals surface area contributed by atoms with Gasteiger partial charge in [-0.1, -0.05) is 30.3 Å². The van der Waals surface area contributed by atoms with Crippen LogP contribution in [0, 0.1) is 10.1 Å². The number of rotatable bonds is 4. The molecule has 7 heteroatoms. The average Bonchev–Trinajstić information content (AvgIpc) is 2.72. The van der Waals surface area contributed by atoms with Crippen LogP contribution in [0.1, 0.15) is 27.9 Å². The number of carbonyl (C=O) groups excluding carboxylic acids is 1. The monoisotopic (exact) mass is 389 g/mol. The maximum absolute atomic E-state index is 12.7. The van der Waals surface area contributed by atoms with Crippen LogP contribution < -0.4 is 0 Å². The fourth-order valence-electron chi connectivity index (χ4n) is 3.14. The smallest absolute Gasteiger partial charge is 0.283 e. The highest BCUT2D eigenvalue weighted by Gasteiger charge is 2.22. The first-order chi connectivity index (χ1) is 13.6. The van der Waals surface area contributed by atoms with E-state index in [4.69, 9.17) is 0 Å².